The molecule has 0 bridgehead atoms. The van der Waals surface area contributed by atoms with E-state index >= 15 is 0 Å². The fraction of sp³-hybridized carbons (Fsp3) is 0.385. The van der Waals surface area contributed by atoms with Crippen LogP contribution in [0.15, 0.2) is 42.5 Å². The Morgan fingerprint density at radius 1 is 1.06 bits per heavy atom. The van der Waals surface area contributed by atoms with Crippen LogP contribution in [0.3, 0.4) is 0 Å². The monoisotopic (exact) mass is 464 g/mol. The van der Waals surface area contributed by atoms with Crippen molar-refractivity contribution in [2.75, 3.05) is 32.8 Å². The van der Waals surface area contributed by atoms with Gasteiger partial charge in [-0.2, -0.15) is 5.10 Å². The number of carbonyl (C=O) groups excluding carboxylic acids is 1. The van der Waals surface area contributed by atoms with Crippen LogP contribution in [-0.4, -0.2) is 58.3 Å². The van der Waals surface area contributed by atoms with Gasteiger partial charge in [-0.05, 0) is 55.3 Å². The lowest BCUT2D eigenvalue weighted by molar-refractivity contribution is -0.132. The summed E-state index contributed by atoms with van der Waals surface area (Å²) in [4.78, 5) is 17.5. The predicted molar refractivity (Wildman–Crippen MR) is 129 cm³/mol. The molecule has 5 rings (SSSR count). The Hall–Kier alpha value is -2.83. The van der Waals surface area contributed by atoms with Gasteiger partial charge in [-0.25, -0.2) is 4.68 Å². The highest BCUT2D eigenvalue weighted by atomic mass is 35.5. The van der Waals surface area contributed by atoms with Crippen molar-refractivity contribution < 1.29 is 9.53 Å². The molecule has 0 unspecified atom stereocenters. The summed E-state index contributed by atoms with van der Waals surface area (Å²) in [6.07, 6.45) is 1.38. The Morgan fingerprint density at radius 3 is 2.58 bits per heavy atom. The lowest BCUT2D eigenvalue weighted by Gasteiger charge is -2.35. The van der Waals surface area contributed by atoms with Crippen molar-refractivity contribution in [2.24, 2.45) is 0 Å². The molecule has 172 valence electrons. The number of aryl methyl sites for hydroxylation is 1. The van der Waals surface area contributed by atoms with Crippen molar-refractivity contribution in [1.82, 2.24) is 19.6 Å². The fourth-order valence-electron chi connectivity index (χ4n) is 4.78. The van der Waals surface area contributed by atoms with Crippen LogP contribution in [0.2, 0.25) is 5.02 Å². The molecule has 3 heterocycles. The van der Waals surface area contributed by atoms with Crippen LogP contribution in [0.1, 0.15) is 28.1 Å². The molecule has 3 aromatic rings. The number of fused-ring (bicyclic) bond motifs is 1. The van der Waals surface area contributed by atoms with E-state index in [9.17, 15) is 4.79 Å². The van der Waals surface area contributed by atoms with Gasteiger partial charge in [0, 0.05) is 55.4 Å². The summed E-state index contributed by atoms with van der Waals surface area (Å²) < 4.78 is 7.51. The Bertz CT molecular complexity index is 1160. The largest absolute Gasteiger partial charge is 0.493 e. The molecule has 0 N–H and O–H groups in total. The topological polar surface area (TPSA) is 50.6 Å². The third-order valence-electron chi connectivity index (χ3n) is 6.73. The van der Waals surface area contributed by atoms with Crippen LogP contribution >= 0.6 is 11.6 Å². The smallest absolute Gasteiger partial charge is 0.227 e. The number of nitrogens with zero attached hydrogens (tertiary/aromatic N) is 4. The molecule has 0 aliphatic carbocycles. The van der Waals surface area contributed by atoms with Crippen LogP contribution in [0, 0.1) is 13.8 Å². The molecule has 2 aromatic carbocycles. The molecule has 6 nitrogen and oxygen atoms in total. The van der Waals surface area contributed by atoms with Gasteiger partial charge in [-0.1, -0.05) is 23.7 Å². The molecule has 0 atom stereocenters. The highest BCUT2D eigenvalue weighted by Crippen LogP contribution is 2.26. The fourth-order valence-corrected chi connectivity index (χ4v) is 4.91. The minimum Gasteiger partial charge on any atom is -0.493 e. The second-order valence-corrected chi connectivity index (χ2v) is 9.35. The summed E-state index contributed by atoms with van der Waals surface area (Å²) in [5.41, 5.74) is 6.49. The first-order valence-electron chi connectivity index (χ1n) is 11.5. The molecule has 0 saturated carbocycles. The van der Waals surface area contributed by atoms with Crippen LogP contribution in [0.5, 0.6) is 5.75 Å². The summed E-state index contributed by atoms with van der Waals surface area (Å²) >= 11 is 6.02. The number of hydrogen-bond acceptors (Lipinski definition) is 4. The number of amides is 1. The third-order valence-corrected chi connectivity index (χ3v) is 6.98. The van der Waals surface area contributed by atoms with Crippen molar-refractivity contribution >= 4 is 17.5 Å². The van der Waals surface area contributed by atoms with Gasteiger partial charge in [0.15, 0.2) is 0 Å². The average molecular weight is 465 g/mol. The van der Waals surface area contributed by atoms with E-state index < -0.39 is 0 Å². The lowest BCUT2D eigenvalue weighted by atomic mass is 10.1. The quantitative estimate of drug-likeness (QED) is 0.573. The standard InChI is InChI=1S/C26H29ClN4O2/c1-18-24(19(2)31(28-18)23-6-4-22(27)5-7-23)16-26(32)30-12-10-29(11-13-30)17-20-3-8-25-21(15-20)9-14-33-25/h3-8,15H,9-14,16-17H2,1-2H3. The van der Waals surface area contributed by atoms with Crippen LogP contribution in [-0.2, 0) is 24.2 Å². The Morgan fingerprint density at radius 2 is 1.82 bits per heavy atom. The Kier molecular flexibility index (Phi) is 6.13. The maximum atomic E-state index is 13.1. The molecule has 2 aliphatic rings. The summed E-state index contributed by atoms with van der Waals surface area (Å²) in [7, 11) is 0. The van der Waals surface area contributed by atoms with Crippen LogP contribution in [0.25, 0.3) is 5.69 Å². The first-order valence-corrected chi connectivity index (χ1v) is 11.9. The van der Waals surface area contributed by atoms with Crippen LogP contribution < -0.4 is 4.74 Å². The van der Waals surface area contributed by atoms with Gasteiger partial charge in [0.1, 0.15) is 5.75 Å². The minimum atomic E-state index is 0.172. The minimum absolute atomic E-state index is 0.172. The maximum Gasteiger partial charge on any atom is 0.227 e. The molecule has 7 heteroatoms. The zero-order chi connectivity index (χ0) is 22.9. The van der Waals surface area contributed by atoms with E-state index in [1.807, 2.05) is 47.7 Å². The normalized spacial score (nSPS) is 16.0. The SMILES string of the molecule is Cc1nn(-c2ccc(Cl)cc2)c(C)c1CC(=O)N1CCN(Cc2ccc3c(c2)CCO3)CC1. The number of carbonyl (C=O) groups is 1. The molecular weight excluding hydrogens is 436 g/mol. The van der Waals surface area contributed by atoms with E-state index in [2.05, 4.69) is 28.2 Å². The second kappa shape index (κ2) is 9.20. The van der Waals surface area contributed by atoms with E-state index in [0.29, 0.717) is 11.4 Å². The summed E-state index contributed by atoms with van der Waals surface area (Å²) in [5, 5.41) is 5.37. The van der Waals surface area contributed by atoms with Gasteiger partial charge in [-0.15, -0.1) is 0 Å². The van der Waals surface area contributed by atoms with E-state index in [4.69, 9.17) is 16.3 Å². The number of piperazine rings is 1. The number of aromatic nitrogens is 2. The Labute approximate surface area is 199 Å². The summed E-state index contributed by atoms with van der Waals surface area (Å²) in [5.74, 6) is 1.20. The maximum absolute atomic E-state index is 13.1. The second-order valence-electron chi connectivity index (χ2n) is 8.91. The Balaban J connectivity index is 1.19. The first-order chi connectivity index (χ1) is 16.0. The van der Waals surface area contributed by atoms with Gasteiger partial charge in [0.2, 0.25) is 5.91 Å². The van der Waals surface area contributed by atoms with Gasteiger partial charge >= 0.3 is 0 Å². The number of ether oxygens (including phenoxy) is 1. The molecule has 33 heavy (non-hydrogen) atoms. The van der Waals surface area contributed by atoms with Gasteiger partial charge < -0.3 is 9.64 Å². The van der Waals surface area contributed by atoms with E-state index in [1.165, 1.54) is 11.1 Å². The zero-order valence-electron chi connectivity index (χ0n) is 19.2. The molecule has 1 amide bonds. The molecule has 0 radical (unpaired) electrons. The summed E-state index contributed by atoms with van der Waals surface area (Å²) in [6, 6.07) is 14.1. The first kappa shape index (κ1) is 22.0. The van der Waals surface area contributed by atoms with Crippen molar-refractivity contribution in [3.8, 4) is 11.4 Å². The average Bonchev–Trinajstić information content (AvgIpc) is 3.39. The van der Waals surface area contributed by atoms with E-state index in [1.54, 1.807) is 0 Å². The predicted octanol–water partition coefficient (Wildman–Crippen LogP) is 3.96. The van der Waals surface area contributed by atoms with Crippen molar-refractivity contribution in [2.45, 2.75) is 33.2 Å². The number of rotatable bonds is 5. The van der Waals surface area contributed by atoms with Crippen molar-refractivity contribution in [1.29, 1.82) is 0 Å². The van der Waals surface area contributed by atoms with Gasteiger partial charge in [0.05, 0.1) is 24.4 Å². The molecule has 1 saturated heterocycles. The molecular formula is C26H29ClN4O2. The highest BCUT2D eigenvalue weighted by molar-refractivity contribution is 6.30. The van der Waals surface area contributed by atoms with E-state index in [0.717, 1.165) is 74.1 Å². The van der Waals surface area contributed by atoms with Gasteiger partial charge in [0.25, 0.3) is 0 Å². The zero-order valence-corrected chi connectivity index (χ0v) is 19.9. The molecule has 1 aromatic heterocycles. The highest BCUT2D eigenvalue weighted by Gasteiger charge is 2.24. The summed E-state index contributed by atoms with van der Waals surface area (Å²) in [6.45, 7) is 9.01. The van der Waals surface area contributed by atoms with Gasteiger partial charge in [-0.3, -0.25) is 9.69 Å². The molecule has 2 aliphatic heterocycles. The number of halogens is 1. The molecule has 0 spiro atoms. The number of hydrogen-bond donors (Lipinski definition) is 0. The molecule has 1 fully saturated rings. The number of benzene rings is 2. The van der Waals surface area contributed by atoms with Crippen molar-refractivity contribution in [3.63, 3.8) is 0 Å². The van der Waals surface area contributed by atoms with Crippen LogP contribution in [0.4, 0.5) is 0 Å². The lowest BCUT2D eigenvalue weighted by Crippen LogP contribution is -2.48. The van der Waals surface area contributed by atoms with E-state index in [-0.39, 0.29) is 5.91 Å². The van der Waals surface area contributed by atoms with Crippen molar-refractivity contribution in [3.05, 3.63) is 75.6 Å². The third kappa shape index (κ3) is 4.63.